The first-order valence-corrected chi connectivity index (χ1v) is 7.38. The van der Waals surface area contributed by atoms with Crippen LogP contribution in [0, 0.1) is 0 Å². The highest BCUT2D eigenvalue weighted by Crippen LogP contribution is 2.17. The molecule has 0 fully saturated rings. The first-order valence-electron chi connectivity index (χ1n) is 6.59. The van der Waals surface area contributed by atoms with Gasteiger partial charge in [-0.1, -0.05) is 40.2 Å². The van der Waals surface area contributed by atoms with Gasteiger partial charge in [0.15, 0.2) is 0 Å². The van der Waals surface area contributed by atoms with Crippen LogP contribution >= 0.6 is 15.9 Å². The smallest absolute Gasteiger partial charge is 0.317 e. The van der Waals surface area contributed by atoms with Gasteiger partial charge in [-0.2, -0.15) is 0 Å². The van der Waals surface area contributed by atoms with Gasteiger partial charge in [0, 0.05) is 23.6 Å². The largest absolute Gasteiger partial charge is 0.395 e. The van der Waals surface area contributed by atoms with E-state index in [9.17, 15) is 4.79 Å². The van der Waals surface area contributed by atoms with Gasteiger partial charge in [-0.15, -0.1) is 6.58 Å². The molecule has 4 nitrogen and oxygen atoms in total. The molecule has 0 spiro atoms. The van der Waals surface area contributed by atoms with E-state index < -0.39 is 0 Å². The van der Waals surface area contributed by atoms with Gasteiger partial charge in [0.25, 0.3) is 0 Å². The highest BCUT2D eigenvalue weighted by molar-refractivity contribution is 9.10. The van der Waals surface area contributed by atoms with E-state index in [0.29, 0.717) is 13.1 Å². The number of aliphatic hydroxyl groups excluding tert-OH is 1. The van der Waals surface area contributed by atoms with Gasteiger partial charge in [0.2, 0.25) is 0 Å². The standard InChI is InChI=1S/C15H21BrN2O2/c1-3-8-18(9-10-19)15(20)17-12(2)11-13-6-4-5-7-14(13)16/h3-7,12,19H,1,8-11H2,2H3,(H,17,20). The van der Waals surface area contributed by atoms with Crippen LogP contribution in [0.3, 0.4) is 0 Å². The molecule has 2 N–H and O–H groups in total. The van der Waals surface area contributed by atoms with Crippen LogP contribution in [-0.4, -0.2) is 41.8 Å². The van der Waals surface area contributed by atoms with Crippen LogP contribution in [0.1, 0.15) is 12.5 Å². The van der Waals surface area contributed by atoms with Gasteiger partial charge in [-0.25, -0.2) is 4.79 Å². The first-order chi connectivity index (χ1) is 9.58. The van der Waals surface area contributed by atoms with Crippen molar-refractivity contribution in [1.29, 1.82) is 0 Å². The molecule has 0 aliphatic rings. The molecule has 0 bridgehead atoms. The number of carbonyl (C=O) groups excluding carboxylic acids is 1. The molecule has 20 heavy (non-hydrogen) atoms. The first kappa shape index (κ1) is 16.7. The summed E-state index contributed by atoms with van der Waals surface area (Å²) in [4.78, 5) is 13.6. The summed E-state index contributed by atoms with van der Waals surface area (Å²) < 4.78 is 1.04. The van der Waals surface area contributed by atoms with Gasteiger partial charge < -0.3 is 15.3 Å². The Labute approximate surface area is 128 Å². The molecule has 0 aromatic heterocycles. The van der Waals surface area contributed by atoms with E-state index >= 15 is 0 Å². The zero-order valence-electron chi connectivity index (χ0n) is 11.7. The van der Waals surface area contributed by atoms with Crippen molar-refractivity contribution < 1.29 is 9.90 Å². The Morgan fingerprint density at radius 3 is 2.85 bits per heavy atom. The molecule has 2 amide bonds. The van der Waals surface area contributed by atoms with Crippen LogP contribution in [0.4, 0.5) is 4.79 Å². The molecule has 5 heteroatoms. The molecule has 0 heterocycles. The number of benzene rings is 1. The van der Waals surface area contributed by atoms with E-state index in [4.69, 9.17) is 5.11 Å². The summed E-state index contributed by atoms with van der Waals surface area (Å²) in [5.41, 5.74) is 1.15. The van der Waals surface area contributed by atoms with Crippen molar-refractivity contribution in [2.45, 2.75) is 19.4 Å². The molecule has 0 saturated heterocycles. The lowest BCUT2D eigenvalue weighted by atomic mass is 10.1. The molecule has 0 aliphatic heterocycles. The Balaban J connectivity index is 2.56. The lowest BCUT2D eigenvalue weighted by Crippen LogP contribution is -2.45. The van der Waals surface area contributed by atoms with Crippen molar-refractivity contribution in [3.63, 3.8) is 0 Å². The molecule has 0 saturated carbocycles. The van der Waals surface area contributed by atoms with Gasteiger partial charge in [0.1, 0.15) is 0 Å². The molecular weight excluding hydrogens is 320 g/mol. The number of aliphatic hydroxyl groups is 1. The van der Waals surface area contributed by atoms with E-state index in [-0.39, 0.29) is 18.7 Å². The maximum Gasteiger partial charge on any atom is 0.317 e. The van der Waals surface area contributed by atoms with Crippen molar-refractivity contribution in [2.24, 2.45) is 0 Å². The summed E-state index contributed by atoms with van der Waals surface area (Å²) >= 11 is 3.50. The quantitative estimate of drug-likeness (QED) is 0.749. The van der Waals surface area contributed by atoms with E-state index in [2.05, 4.69) is 27.8 Å². The van der Waals surface area contributed by atoms with Crippen molar-refractivity contribution in [3.8, 4) is 0 Å². The Morgan fingerprint density at radius 2 is 2.25 bits per heavy atom. The van der Waals surface area contributed by atoms with Crippen molar-refractivity contribution in [1.82, 2.24) is 10.2 Å². The van der Waals surface area contributed by atoms with E-state index in [1.807, 2.05) is 31.2 Å². The van der Waals surface area contributed by atoms with Crippen LogP contribution in [-0.2, 0) is 6.42 Å². The molecule has 0 radical (unpaired) electrons. The normalized spacial score (nSPS) is 11.8. The molecule has 1 aromatic rings. The molecule has 110 valence electrons. The molecule has 0 aliphatic carbocycles. The average Bonchev–Trinajstić information content (AvgIpc) is 2.41. The van der Waals surface area contributed by atoms with E-state index in [1.54, 1.807) is 6.08 Å². The maximum absolute atomic E-state index is 12.1. The summed E-state index contributed by atoms with van der Waals surface area (Å²) in [6.45, 7) is 6.25. The second-order valence-electron chi connectivity index (χ2n) is 4.60. The third-order valence-corrected chi connectivity index (χ3v) is 3.63. The Kier molecular flexibility index (Phi) is 7.33. The second kappa shape index (κ2) is 8.76. The number of hydrogen-bond acceptors (Lipinski definition) is 2. The number of halogens is 1. The predicted molar refractivity (Wildman–Crippen MR) is 84.7 cm³/mol. The number of hydrogen-bond donors (Lipinski definition) is 2. The number of urea groups is 1. The van der Waals surface area contributed by atoms with Crippen LogP contribution in [0.25, 0.3) is 0 Å². The number of carbonyl (C=O) groups is 1. The van der Waals surface area contributed by atoms with Crippen molar-refractivity contribution in [2.75, 3.05) is 19.7 Å². The molecule has 1 rings (SSSR count). The van der Waals surface area contributed by atoms with Gasteiger partial charge >= 0.3 is 6.03 Å². The monoisotopic (exact) mass is 340 g/mol. The van der Waals surface area contributed by atoms with Gasteiger partial charge in [-0.3, -0.25) is 0 Å². The Bertz CT molecular complexity index is 451. The summed E-state index contributed by atoms with van der Waals surface area (Å²) in [7, 11) is 0. The summed E-state index contributed by atoms with van der Waals surface area (Å²) in [6, 6.07) is 7.78. The van der Waals surface area contributed by atoms with Crippen molar-refractivity contribution in [3.05, 3.63) is 47.0 Å². The number of rotatable bonds is 7. The topological polar surface area (TPSA) is 52.6 Å². The van der Waals surface area contributed by atoms with Crippen LogP contribution in [0.15, 0.2) is 41.4 Å². The molecule has 1 aromatic carbocycles. The van der Waals surface area contributed by atoms with Crippen LogP contribution in [0.2, 0.25) is 0 Å². The Morgan fingerprint density at radius 1 is 1.55 bits per heavy atom. The molecular formula is C15H21BrN2O2. The lowest BCUT2D eigenvalue weighted by Gasteiger charge is -2.23. The van der Waals surface area contributed by atoms with Gasteiger partial charge in [0.05, 0.1) is 6.61 Å². The Hall–Kier alpha value is -1.33. The van der Waals surface area contributed by atoms with Gasteiger partial charge in [-0.05, 0) is 25.0 Å². The third kappa shape index (κ3) is 5.35. The van der Waals surface area contributed by atoms with Crippen LogP contribution in [0.5, 0.6) is 0 Å². The predicted octanol–water partition coefficient (Wildman–Crippen LogP) is 2.57. The SMILES string of the molecule is C=CCN(CCO)C(=O)NC(C)Cc1ccccc1Br. The minimum atomic E-state index is -0.182. The van der Waals surface area contributed by atoms with Crippen molar-refractivity contribution >= 4 is 22.0 Å². The second-order valence-corrected chi connectivity index (χ2v) is 5.46. The minimum absolute atomic E-state index is 0.00667. The lowest BCUT2D eigenvalue weighted by molar-refractivity contribution is 0.181. The molecule has 1 unspecified atom stereocenters. The van der Waals surface area contributed by atoms with E-state index in [0.717, 1.165) is 16.5 Å². The number of nitrogens with one attached hydrogen (secondary N) is 1. The highest BCUT2D eigenvalue weighted by atomic mass is 79.9. The fourth-order valence-electron chi connectivity index (χ4n) is 1.90. The fourth-order valence-corrected chi connectivity index (χ4v) is 2.35. The summed E-state index contributed by atoms with van der Waals surface area (Å²) in [6.07, 6.45) is 2.39. The maximum atomic E-state index is 12.1. The van der Waals surface area contributed by atoms with E-state index in [1.165, 1.54) is 4.90 Å². The summed E-state index contributed by atoms with van der Waals surface area (Å²) in [5, 5.41) is 11.9. The fraction of sp³-hybridized carbons (Fsp3) is 0.400. The van der Waals surface area contributed by atoms with Crippen LogP contribution < -0.4 is 5.32 Å². The molecule has 1 atom stereocenters. The average molecular weight is 341 g/mol. The summed E-state index contributed by atoms with van der Waals surface area (Å²) in [5.74, 6) is 0. The minimum Gasteiger partial charge on any atom is -0.395 e. The zero-order chi connectivity index (χ0) is 15.0. The number of nitrogens with zero attached hydrogens (tertiary/aromatic N) is 1. The highest BCUT2D eigenvalue weighted by Gasteiger charge is 2.14. The third-order valence-electron chi connectivity index (χ3n) is 2.86. The number of amides is 2. The zero-order valence-corrected chi connectivity index (χ0v) is 13.3.